The van der Waals surface area contributed by atoms with Crippen LogP contribution in [0.1, 0.15) is 30.0 Å². The average molecular weight is 202 g/mol. The van der Waals surface area contributed by atoms with E-state index in [-0.39, 0.29) is 40.6 Å². The summed E-state index contributed by atoms with van der Waals surface area (Å²) in [5, 5.41) is 8.18. The number of hydrogen-bond acceptors (Lipinski definition) is 3. The summed E-state index contributed by atoms with van der Waals surface area (Å²) in [4.78, 5) is 20.7. The van der Waals surface area contributed by atoms with Crippen LogP contribution in [0.15, 0.2) is 0 Å². The summed E-state index contributed by atoms with van der Waals surface area (Å²) in [6.45, 7) is 5.06. The first-order chi connectivity index (χ1) is 4.81. The Hall–Kier alpha value is 0.200. The van der Waals surface area contributed by atoms with Gasteiger partial charge >= 0.3 is 49.7 Å². The number of hydrogen-bond donors (Lipinski definition) is 1. The fourth-order valence-electron chi connectivity index (χ4n) is 0.501. The molecule has 0 saturated heterocycles. The van der Waals surface area contributed by atoms with Gasteiger partial charge in [-0.25, -0.2) is 0 Å². The summed E-state index contributed by atoms with van der Waals surface area (Å²) in [6, 6.07) is 0. The molecule has 0 aromatic heterocycles. The van der Waals surface area contributed by atoms with Crippen LogP contribution in [0.4, 0.5) is 0 Å². The number of carbonyl (C=O) groups is 2. The van der Waals surface area contributed by atoms with Gasteiger partial charge in [-0.3, -0.25) is 9.59 Å². The van der Waals surface area contributed by atoms with E-state index in [4.69, 9.17) is 9.84 Å². The minimum atomic E-state index is -1.17. The van der Waals surface area contributed by atoms with Crippen molar-refractivity contribution >= 4 is 49.7 Å². The number of ether oxygens (including phenoxy) is 1. The van der Waals surface area contributed by atoms with Gasteiger partial charge in [0.25, 0.3) is 0 Å². The standard InChI is InChI=1S/C7H12O4.Ca.2H/c1-7(2,3)11-6(10)4-5(8)9;;;/h4H2,1-3H3,(H,8,9);;;/q;+2;2*-1. The SMILES string of the molecule is CC(C)(C)OC(=O)CC(=O)O.[Ca+2].[H-].[H-]. The molecule has 0 radical (unpaired) electrons. The van der Waals surface area contributed by atoms with E-state index in [1.165, 1.54) is 0 Å². The summed E-state index contributed by atoms with van der Waals surface area (Å²) < 4.78 is 4.73. The van der Waals surface area contributed by atoms with Crippen molar-refractivity contribution in [3.63, 3.8) is 0 Å². The van der Waals surface area contributed by atoms with Crippen LogP contribution in [0.3, 0.4) is 0 Å². The molecule has 0 saturated carbocycles. The molecule has 0 spiro atoms. The van der Waals surface area contributed by atoms with Crippen LogP contribution >= 0.6 is 0 Å². The normalized spacial score (nSPS) is 9.92. The Kier molecular flexibility index (Phi) is 7.08. The van der Waals surface area contributed by atoms with Crippen LogP contribution < -0.4 is 0 Å². The molecule has 0 amide bonds. The predicted octanol–water partition coefficient (Wildman–Crippen LogP) is 0.647. The van der Waals surface area contributed by atoms with Gasteiger partial charge in [0.1, 0.15) is 12.0 Å². The Balaban J connectivity index is -0.000000167. The molecule has 0 bridgehead atoms. The molecule has 5 heteroatoms. The third kappa shape index (κ3) is 10.2. The Morgan fingerprint density at radius 3 is 2.08 bits per heavy atom. The molecular weight excluding hydrogens is 188 g/mol. The molecule has 0 aliphatic carbocycles. The van der Waals surface area contributed by atoms with E-state index in [0.717, 1.165) is 0 Å². The Bertz CT molecular complexity index is 179. The van der Waals surface area contributed by atoms with E-state index in [9.17, 15) is 9.59 Å². The molecule has 12 heavy (non-hydrogen) atoms. The fourth-order valence-corrected chi connectivity index (χ4v) is 0.501. The second-order valence-electron chi connectivity index (χ2n) is 3.16. The molecule has 0 heterocycles. The Morgan fingerprint density at radius 1 is 1.42 bits per heavy atom. The van der Waals surface area contributed by atoms with E-state index in [0.29, 0.717) is 0 Å². The van der Waals surface area contributed by atoms with E-state index < -0.39 is 24.0 Å². The van der Waals surface area contributed by atoms with Crippen molar-refractivity contribution in [2.75, 3.05) is 0 Å². The maximum atomic E-state index is 10.7. The number of esters is 1. The van der Waals surface area contributed by atoms with Gasteiger partial charge in [0.2, 0.25) is 0 Å². The van der Waals surface area contributed by atoms with Gasteiger partial charge in [-0.05, 0) is 20.8 Å². The number of aliphatic carboxylic acids is 1. The zero-order valence-electron chi connectivity index (χ0n) is 9.59. The summed E-state index contributed by atoms with van der Waals surface area (Å²) in [5.41, 5.74) is -0.605. The van der Waals surface area contributed by atoms with Gasteiger partial charge in [0.05, 0.1) is 0 Å². The van der Waals surface area contributed by atoms with Crippen molar-refractivity contribution in [3.05, 3.63) is 0 Å². The molecule has 0 unspecified atom stereocenters. The van der Waals surface area contributed by atoms with Crippen molar-refractivity contribution in [1.29, 1.82) is 0 Å². The third-order valence-electron chi connectivity index (χ3n) is 0.716. The smallest absolute Gasteiger partial charge is 1.00 e. The number of carboxylic acids is 1. The topological polar surface area (TPSA) is 63.6 Å². The monoisotopic (exact) mass is 202 g/mol. The largest absolute Gasteiger partial charge is 2.00 e. The minimum Gasteiger partial charge on any atom is -1.00 e. The molecule has 0 aromatic rings. The molecule has 0 rings (SSSR count). The Morgan fingerprint density at radius 2 is 1.83 bits per heavy atom. The van der Waals surface area contributed by atoms with Crippen molar-refractivity contribution in [2.45, 2.75) is 32.8 Å². The van der Waals surface area contributed by atoms with E-state index in [1.807, 2.05) is 0 Å². The van der Waals surface area contributed by atoms with Crippen LogP contribution in [-0.2, 0) is 14.3 Å². The van der Waals surface area contributed by atoms with Crippen LogP contribution in [0.25, 0.3) is 0 Å². The third-order valence-corrected chi connectivity index (χ3v) is 0.716. The van der Waals surface area contributed by atoms with Gasteiger partial charge in [-0.15, -0.1) is 0 Å². The van der Waals surface area contributed by atoms with E-state index in [1.54, 1.807) is 20.8 Å². The van der Waals surface area contributed by atoms with Gasteiger partial charge in [-0.2, -0.15) is 0 Å². The first-order valence-electron chi connectivity index (χ1n) is 3.25. The average Bonchev–Trinajstić information content (AvgIpc) is 1.53. The summed E-state index contributed by atoms with van der Waals surface area (Å²) in [6.07, 6.45) is -0.572. The van der Waals surface area contributed by atoms with Crippen LogP contribution in [0.5, 0.6) is 0 Å². The quantitative estimate of drug-likeness (QED) is 0.405. The number of carbonyl (C=O) groups excluding carboxylic acids is 1. The zero-order chi connectivity index (χ0) is 9.07. The molecule has 0 aromatic carbocycles. The first-order valence-corrected chi connectivity index (χ1v) is 3.25. The first kappa shape index (κ1) is 14.7. The maximum Gasteiger partial charge on any atom is 2.00 e. The van der Waals surface area contributed by atoms with Gasteiger partial charge in [0, 0.05) is 0 Å². The second kappa shape index (κ2) is 5.78. The van der Waals surface area contributed by atoms with Crippen LogP contribution in [0.2, 0.25) is 0 Å². The van der Waals surface area contributed by atoms with Crippen molar-refractivity contribution in [2.24, 2.45) is 0 Å². The molecule has 0 fully saturated rings. The molecule has 1 N–H and O–H groups in total. The minimum absolute atomic E-state index is 0. The predicted molar refractivity (Wildman–Crippen MR) is 46.1 cm³/mol. The zero-order valence-corrected chi connectivity index (χ0v) is 9.79. The molecule has 0 atom stereocenters. The Labute approximate surface area is 104 Å². The van der Waals surface area contributed by atoms with Crippen LogP contribution in [0, 0.1) is 0 Å². The van der Waals surface area contributed by atoms with Crippen molar-refractivity contribution < 1.29 is 22.3 Å². The second-order valence-corrected chi connectivity index (χ2v) is 3.16. The van der Waals surface area contributed by atoms with Crippen LogP contribution in [-0.4, -0.2) is 60.4 Å². The fraction of sp³-hybridized carbons (Fsp3) is 0.714. The molecule has 68 valence electrons. The summed E-state index contributed by atoms with van der Waals surface area (Å²) >= 11 is 0. The molecule has 0 aliphatic heterocycles. The van der Waals surface area contributed by atoms with Gasteiger partial charge < -0.3 is 12.7 Å². The maximum absolute atomic E-state index is 10.7. The molecule has 4 nitrogen and oxygen atoms in total. The number of carboxylic acid groups (broad SMARTS) is 1. The van der Waals surface area contributed by atoms with Crippen molar-refractivity contribution in [1.82, 2.24) is 0 Å². The molecule has 0 aliphatic rings. The van der Waals surface area contributed by atoms with E-state index in [2.05, 4.69) is 0 Å². The van der Waals surface area contributed by atoms with Gasteiger partial charge in [0.15, 0.2) is 0 Å². The summed E-state index contributed by atoms with van der Waals surface area (Å²) in [7, 11) is 0. The number of rotatable bonds is 2. The van der Waals surface area contributed by atoms with Gasteiger partial charge in [-0.1, -0.05) is 0 Å². The van der Waals surface area contributed by atoms with Crippen molar-refractivity contribution in [3.8, 4) is 0 Å². The van der Waals surface area contributed by atoms with E-state index >= 15 is 0 Å². The summed E-state index contributed by atoms with van der Waals surface area (Å²) in [5.74, 6) is -1.87. The molecular formula is C7H14CaO4.